The fourth-order valence-corrected chi connectivity index (χ4v) is 2.68. The molecule has 7 heteroatoms. The minimum Gasteiger partial charge on any atom is -0.342 e. The van der Waals surface area contributed by atoms with Crippen LogP contribution in [0.3, 0.4) is 0 Å². The fourth-order valence-electron chi connectivity index (χ4n) is 2.68. The summed E-state index contributed by atoms with van der Waals surface area (Å²) in [5, 5.41) is 7.92. The van der Waals surface area contributed by atoms with Gasteiger partial charge in [0, 0.05) is 32.8 Å². The van der Waals surface area contributed by atoms with E-state index in [1.165, 1.54) is 0 Å². The van der Waals surface area contributed by atoms with Gasteiger partial charge in [-0.05, 0) is 25.3 Å². The maximum Gasteiger partial charge on any atom is 0.231 e. The Morgan fingerprint density at radius 1 is 1.52 bits per heavy atom. The van der Waals surface area contributed by atoms with Crippen molar-refractivity contribution in [1.82, 2.24) is 24.8 Å². The Kier molecular flexibility index (Phi) is 3.72. The van der Waals surface area contributed by atoms with Gasteiger partial charge in [-0.15, -0.1) is 0 Å². The van der Waals surface area contributed by atoms with Gasteiger partial charge in [-0.3, -0.25) is 9.48 Å². The summed E-state index contributed by atoms with van der Waals surface area (Å²) in [6.45, 7) is 3.24. The van der Waals surface area contributed by atoms with Crippen molar-refractivity contribution in [3.63, 3.8) is 0 Å². The number of carbonyl (C=O) groups excluding carboxylic acids is 1. The summed E-state index contributed by atoms with van der Waals surface area (Å²) < 4.78 is 6.95. The first-order valence-electron chi connectivity index (χ1n) is 7.17. The third kappa shape index (κ3) is 3.12. The molecule has 1 aliphatic rings. The molecule has 1 saturated heterocycles. The number of hydrogen-bond acceptors (Lipinski definition) is 5. The normalized spacial score (nSPS) is 18.4. The molecule has 0 spiro atoms. The van der Waals surface area contributed by atoms with E-state index in [4.69, 9.17) is 4.52 Å². The van der Waals surface area contributed by atoms with Gasteiger partial charge < -0.3 is 9.42 Å². The first-order valence-corrected chi connectivity index (χ1v) is 7.17. The molecule has 0 aromatic carbocycles. The predicted octanol–water partition coefficient (Wildman–Crippen LogP) is 1.06. The van der Waals surface area contributed by atoms with Gasteiger partial charge in [0.15, 0.2) is 5.82 Å². The molecule has 0 saturated carbocycles. The van der Waals surface area contributed by atoms with Crippen molar-refractivity contribution >= 4 is 5.91 Å². The molecule has 7 nitrogen and oxygen atoms in total. The average Bonchev–Trinajstić information content (AvgIpc) is 3.16. The summed E-state index contributed by atoms with van der Waals surface area (Å²) in [6.07, 6.45) is 5.89. The van der Waals surface area contributed by atoms with Gasteiger partial charge in [-0.25, -0.2) is 0 Å². The van der Waals surface area contributed by atoms with Crippen LogP contribution in [0.1, 0.15) is 36.0 Å². The van der Waals surface area contributed by atoms with E-state index in [1.807, 2.05) is 18.1 Å². The number of aromatic nitrogens is 4. The summed E-state index contributed by atoms with van der Waals surface area (Å²) in [4.78, 5) is 18.4. The predicted molar refractivity (Wildman–Crippen MR) is 74.5 cm³/mol. The van der Waals surface area contributed by atoms with Gasteiger partial charge in [0.2, 0.25) is 11.8 Å². The molecule has 1 fully saturated rings. The van der Waals surface area contributed by atoms with Gasteiger partial charge in [0.05, 0.1) is 12.1 Å². The number of hydrogen-bond donors (Lipinski definition) is 0. The Morgan fingerprint density at radius 2 is 2.38 bits per heavy atom. The lowest BCUT2D eigenvalue weighted by atomic mass is 10.1. The summed E-state index contributed by atoms with van der Waals surface area (Å²) in [5.41, 5.74) is 1.09. The number of nitrogens with zero attached hydrogens (tertiary/aromatic N) is 5. The Hall–Kier alpha value is -2.18. The minimum absolute atomic E-state index is 0.175. The number of carbonyl (C=O) groups is 1. The SMILES string of the molecule is Cc1noc([C@@H]2CCN(C(=O)CCc3cnn(C)c3)C2)n1. The number of likely N-dealkylation sites (tertiary alicyclic amines) is 1. The highest BCUT2D eigenvalue weighted by atomic mass is 16.5. The molecular weight excluding hydrogens is 270 g/mol. The highest BCUT2D eigenvalue weighted by molar-refractivity contribution is 5.76. The molecule has 3 rings (SSSR count). The first-order chi connectivity index (χ1) is 10.1. The second-order valence-electron chi connectivity index (χ2n) is 5.53. The second kappa shape index (κ2) is 5.67. The summed E-state index contributed by atoms with van der Waals surface area (Å²) in [6, 6.07) is 0. The van der Waals surface area contributed by atoms with E-state index in [9.17, 15) is 4.79 Å². The third-order valence-electron chi connectivity index (χ3n) is 3.82. The molecular formula is C14H19N5O2. The number of aryl methyl sites for hydroxylation is 3. The van der Waals surface area contributed by atoms with Crippen molar-refractivity contribution < 1.29 is 9.32 Å². The molecule has 0 N–H and O–H groups in total. The highest BCUT2D eigenvalue weighted by Gasteiger charge is 2.30. The zero-order valence-electron chi connectivity index (χ0n) is 12.3. The lowest BCUT2D eigenvalue weighted by Gasteiger charge is -2.15. The van der Waals surface area contributed by atoms with E-state index < -0.39 is 0 Å². The Balaban J connectivity index is 1.52. The number of amides is 1. The fraction of sp³-hybridized carbons (Fsp3) is 0.571. The maximum atomic E-state index is 12.2. The summed E-state index contributed by atoms with van der Waals surface area (Å²) in [5.74, 6) is 1.65. The molecule has 0 bridgehead atoms. The molecule has 2 aromatic heterocycles. The molecule has 21 heavy (non-hydrogen) atoms. The molecule has 1 amide bonds. The van der Waals surface area contributed by atoms with E-state index in [0.29, 0.717) is 24.7 Å². The molecule has 112 valence electrons. The van der Waals surface area contributed by atoms with Gasteiger partial charge in [-0.1, -0.05) is 5.16 Å². The van der Waals surface area contributed by atoms with Crippen molar-refractivity contribution in [2.75, 3.05) is 13.1 Å². The van der Waals surface area contributed by atoms with Crippen molar-refractivity contribution in [2.24, 2.45) is 7.05 Å². The van der Waals surface area contributed by atoms with Gasteiger partial charge >= 0.3 is 0 Å². The lowest BCUT2D eigenvalue weighted by molar-refractivity contribution is -0.130. The molecule has 0 aliphatic carbocycles. The molecule has 3 heterocycles. The highest BCUT2D eigenvalue weighted by Crippen LogP contribution is 2.26. The van der Waals surface area contributed by atoms with Gasteiger partial charge in [0.25, 0.3) is 0 Å². The second-order valence-corrected chi connectivity index (χ2v) is 5.53. The van der Waals surface area contributed by atoms with E-state index in [1.54, 1.807) is 17.8 Å². The van der Waals surface area contributed by atoms with Crippen LogP contribution in [0.5, 0.6) is 0 Å². The van der Waals surface area contributed by atoms with E-state index >= 15 is 0 Å². The Bertz CT molecular complexity index is 633. The topological polar surface area (TPSA) is 77.0 Å². The van der Waals surface area contributed by atoms with Crippen LogP contribution >= 0.6 is 0 Å². The minimum atomic E-state index is 0.175. The van der Waals surface area contributed by atoms with Crippen LogP contribution in [0.25, 0.3) is 0 Å². The van der Waals surface area contributed by atoms with Crippen LogP contribution in [-0.4, -0.2) is 43.8 Å². The lowest BCUT2D eigenvalue weighted by Crippen LogP contribution is -2.28. The molecule has 2 aromatic rings. The quantitative estimate of drug-likeness (QED) is 0.841. The first kappa shape index (κ1) is 13.8. The largest absolute Gasteiger partial charge is 0.342 e. The Morgan fingerprint density at radius 3 is 3.05 bits per heavy atom. The van der Waals surface area contributed by atoms with Crippen LogP contribution in [0.4, 0.5) is 0 Å². The van der Waals surface area contributed by atoms with Crippen LogP contribution in [0, 0.1) is 6.92 Å². The van der Waals surface area contributed by atoms with Crippen molar-refractivity contribution in [2.45, 2.75) is 32.1 Å². The molecule has 0 unspecified atom stereocenters. The van der Waals surface area contributed by atoms with Crippen molar-refractivity contribution in [3.05, 3.63) is 29.7 Å². The molecule has 0 radical (unpaired) electrons. The van der Waals surface area contributed by atoms with Crippen molar-refractivity contribution in [1.29, 1.82) is 0 Å². The van der Waals surface area contributed by atoms with Crippen LogP contribution < -0.4 is 0 Å². The standard InChI is InChI=1S/C14H19N5O2/c1-10-16-14(21-17-10)12-5-6-19(9-12)13(20)4-3-11-7-15-18(2)8-11/h7-8,12H,3-6,9H2,1-2H3/t12-/m1/s1. The Labute approximate surface area is 122 Å². The molecule has 1 aliphatic heterocycles. The van der Waals surface area contributed by atoms with Gasteiger partial charge in [-0.2, -0.15) is 10.1 Å². The van der Waals surface area contributed by atoms with Crippen LogP contribution in [0.2, 0.25) is 0 Å². The van der Waals surface area contributed by atoms with E-state index in [0.717, 1.165) is 24.9 Å². The summed E-state index contributed by atoms with van der Waals surface area (Å²) >= 11 is 0. The molecule has 1 atom stereocenters. The smallest absolute Gasteiger partial charge is 0.231 e. The van der Waals surface area contributed by atoms with E-state index in [-0.39, 0.29) is 11.8 Å². The van der Waals surface area contributed by atoms with Crippen LogP contribution in [0.15, 0.2) is 16.9 Å². The zero-order valence-corrected chi connectivity index (χ0v) is 12.3. The number of rotatable bonds is 4. The zero-order chi connectivity index (χ0) is 14.8. The van der Waals surface area contributed by atoms with Crippen molar-refractivity contribution in [3.8, 4) is 0 Å². The van der Waals surface area contributed by atoms with Gasteiger partial charge in [0.1, 0.15) is 0 Å². The monoisotopic (exact) mass is 289 g/mol. The maximum absolute atomic E-state index is 12.2. The third-order valence-corrected chi connectivity index (χ3v) is 3.82. The van der Waals surface area contributed by atoms with Crippen LogP contribution in [-0.2, 0) is 18.3 Å². The van der Waals surface area contributed by atoms with E-state index in [2.05, 4.69) is 15.2 Å². The summed E-state index contributed by atoms with van der Waals surface area (Å²) in [7, 11) is 1.88. The average molecular weight is 289 g/mol.